The van der Waals surface area contributed by atoms with Crippen LogP contribution >= 0.6 is 11.5 Å². The number of amides is 1. The van der Waals surface area contributed by atoms with Crippen molar-refractivity contribution in [3.8, 4) is 10.9 Å². The van der Waals surface area contributed by atoms with Crippen LogP contribution in [0.2, 0.25) is 0 Å². The molecule has 0 radical (unpaired) electrons. The fourth-order valence-electron chi connectivity index (χ4n) is 1.56. The fourth-order valence-corrected chi connectivity index (χ4v) is 2.37. The highest BCUT2D eigenvalue weighted by molar-refractivity contribution is 7.85. The van der Waals surface area contributed by atoms with Crippen LogP contribution in [-0.4, -0.2) is 43.6 Å². The summed E-state index contributed by atoms with van der Waals surface area (Å²) in [5.41, 5.74) is -0.128. The second-order valence-electron chi connectivity index (χ2n) is 3.98. The van der Waals surface area contributed by atoms with Gasteiger partial charge in [-0.15, -0.1) is 0 Å². The van der Waals surface area contributed by atoms with Gasteiger partial charge in [-0.25, -0.2) is 4.72 Å². The normalized spacial score (nSPS) is 11.8. The van der Waals surface area contributed by atoms with Crippen molar-refractivity contribution in [3.63, 3.8) is 0 Å². The smallest absolute Gasteiger partial charge is 0.362 e. The van der Waals surface area contributed by atoms with E-state index in [1.54, 1.807) is 22.9 Å². The molecule has 1 N–H and O–H groups in total. The minimum atomic E-state index is -4.25. The molecule has 1 amide bonds. The molecule has 2 aromatic rings. The Balaban J connectivity index is 2.38. The maximum atomic E-state index is 12.2. The van der Waals surface area contributed by atoms with Gasteiger partial charge in [-0.2, -0.15) is 17.8 Å². The Hall–Kier alpha value is -2.57. The summed E-state index contributed by atoms with van der Waals surface area (Å²) in [4.78, 5) is 20.7. The molecular weight excluding hydrogens is 360 g/mol. The van der Waals surface area contributed by atoms with Crippen LogP contribution in [0.1, 0.15) is 5.56 Å². The van der Waals surface area contributed by atoms with Crippen LogP contribution in [0.4, 0.5) is 0 Å². The number of carbonyl (C=O) groups excluding carboxylic acids is 1. The zero-order valence-electron chi connectivity index (χ0n) is 12.5. The maximum Gasteiger partial charge on any atom is 0.362 e. The van der Waals surface area contributed by atoms with Gasteiger partial charge in [-0.05, 0) is 12.1 Å². The number of nitrogens with one attached hydrogen (secondary N) is 1. The summed E-state index contributed by atoms with van der Waals surface area (Å²) in [7, 11) is -2.12. The first kappa shape index (κ1) is 17.8. The lowest BCUT2D eigenvalue weighted by Gasteiger charge is -2.11. The first-order valence-corrected chi connectivity index (χ1v) is 8.42. The van der Waals surface area contributed by atoms with Gasteiger partial charge < -0.3 is 9.57 Å². The van der Waals surface area contributed by atoms with E-state index >= 15 is 0 Å². The van der Waals surface area contributed by atoms with E-state index in [0.717, 1.165) is 18.6 Å². The zero-order chi connectivity index (χ0) is 17.6. The molecule has 24 heavy (non-hydrogen) atoms. The standard InChI is InChI=1S/C12H12N4O6S2/c1-20-15-10(11(17)16-24(18,19)21-2)8-5-3-4-6-9(8)22-12-13-7-14-23-12/h3-7H,1-2H3,(H,16,17)/b15-10+. The Morgan fingerprint density at radius 3 is 2.67 bits per heavy atom. The van der Waals surface area contributed by atoms with E-state index in [2.05, 4.69) is 23.5 Å². The number of oxime groups is 1. The molecule has 0 saturated carbocycles. The van der Waals surface area contributed by atoms with Crippen LogP contribution in [0.3, 0.4) is 0 Å². The lowest BCUT2D eigenvalue weighted by molar-refractivity contribution is -0.113. The van der Waals surface area contributed by atoms with E-state index in [0.29, 0.717) is 0 Å². The summed E-state index contributed by atoms with van der Waals surface area (Å²) >= 11 is 1.00. The molecule has 1 heterocycles. The van der Waals surface area contributed by atoms with E-state index in [1.165, 1.54) is 19.5 Å². The maximum absolute atomic E-state index is 12.2. The molecule has 0 aliphatic carbocycles. The minimum Gasteiger partial charge on any atom is -0.429 e. The SMILES string of the molecule is CO/N=C(/C(=O)NS(=O)(=O)OC)c1ccccc1Oc1ncns1. The third-order valence-corrected chi connectivity index (χ3v) is 3.93. The van der Waals surface area contributed by atoms with E-state index < -0.39 is 16.2 Å². The average molecular weight is 372 g/mol. The number of hydrogen-bond donors (Lipinski definition) is 1. The largest absolute Gasteiger partial charge is 0.429 e. The van der Waals surface area contributed by atoms with Crippen LogP contribution < -0.4 is 9.46 Å². The molecule has 0 spiro atoms. The predicted octanol–water partition coefficient (Wildman–Crippen LogP) is 0.688. The lowest BCUT2D eigenvalue weighted by atomic mass is 10.1. The number of aromatic nitrogens is 2. The van der Waals surface area contributed by atoms with Gasteiger partial charge in [0.2, 0.25) is 0 Å². The number of carbonyl (C=O) groups is 1. The number of benzene rings is 1. The van der Waals surface area contributed by atoms with Crippen LogP contribution in [0.5, 0.6) is 10.9 Å². The van der Waals surface area contributed by atoms with Crippen molar-refractivity contribution in [1.29, 1.82) is 0 Å². The molecule has 0 bridgehead atoms. The summed E-state index contributed by atoms with van der Waals surface area (Å²) in [6.45, 7) is 0. The summed E-state index contributed by atoms with van der Waals surface area (Å²) in [6, 6.07) is 6.34. The first-order chi connectivity index (χ1) is 11.5. The topological polar surface area (TPSA) is 129 Å². The summed E-state index contributed by atoms with van der Waals surface area (Å²) < 4.78 is 38.0. The van der Waals surface area contributed by atoms with Crippen molar-refractivity contribution >= 4 is 33.5 Å². The van der Waals surface area contributed by atoms with E-state index in [1.807, 2.05) is 0 Å². The van der Waals surface area contributed by atoms with Crippen molar-refractivity contribution in [2.24, 2.45) is 5.16 Å². The van der Waals surface area contributed by atoms with Gasteiger partial charge in [0.15, 0.2) is 5.71 Å². The Morgan fingerprint density at radius 1 is 1.29 bits per heavy atom. The number of para-hydroxylation sites is 1. The van der Waals surface area contributed by atoms with Gasteiger partial charge in [0.1, 0.15) is 19.2 Å². The molecule has 0 aliphatic heterocycles. The predicted molar refractivity (Wildman–Crippen MR) is 84.0 cm³/mol. The molecule has 2 rings (SSSR count). The van der Waals surface area contributed by atoms with Gasteiger partial charge >= 0.3 is 10.3 Å². The van der Waals surface area contributed by atoms with Crippen LogP contribution in [0.15, 0.2) is 35.7 Å². The van der Waals surface area contributed by atoms with Crippen molar-refractivity contribution in [1.82, 2.24) is 14.1 Å². The van der Waals surface area contributed by atoms with Gasteiger partial charge in [-0.1, -0.05) is 17.3 Å². The molecule has 1 aromatic heterocycles. The van der Waals surface area contributed by atoms with Crippen LogP contribution in [0, 0.1) is 0 Å². The number of hydrogen-bond acceptors (Lipinski definition) is 10. The quantitative estimate of drug-likeness (QED) is 0.555. The average Bonchev–Trinajstić information content (AvgIpc) is 3.06. The molecule has 128 valence electrons. The molecule has 10 nitrogen and oxygen atoms in total. The molecule has 12 heteroatoms. The third kappa shape index (κ3) is 4.47. The van der Waals surface area contributed by atoms with Crippen molar-refractivity contribution in [2.45, 2.75) is 0 Å². The van der Waals surface area contributed by atoms with Gasteiger partial charge in [-0.3, -0.25) is 8.98 Å². The fraction of sp³-hybridized carbons (Fsp3) is 0.167. The Labute approximate surface area is 141 Å². The van der Waals surface area contributed by atoms with Crippen molar-refractivity contribution < 1.29 is 27.0 Å². The molecule has 0 atom stereocenters. The Kier molecular flexibility index (Phi) is 5.78. The third-order valence-electron chi connectivity index (χ3n) is 2.52. The van der Waals surface area contributed by atoms with E-state index in [9.17, 15) is 13.2 Å². The highest BCUT2D eigenvalue weighted by atomic mass is 32.2. The second kappa shape index (κ2) is 7.81. The van der Waals surface area contributed by atoms with Crippen LogP contribution in [0.25, 0.3) is 0 Å². The first-order valence-electron chi connectivity index (χ1n) is 6.24. The lowest BCUT2D eigenvalue weighted by Crippen LogP contribution is -2.37. The van der Waals surface area contributed by atoms with E-state index in [-0.39, 0.29) is 22.2 Å². The summed E-state index contributed by atoms with van der Waals surface area (Å²) in [5, 5.41) is 3.81. The molecule has 1 aromatic carbocycles. The zero-order valence-corrected chi connectivity index (χ0v) is 14.1. The van der Waals surface area contributed by atoms with Gasteiger partial charge in [0, 0.05) is 11.5 Å². The Morgan fingerprint density at radius 2 is 2.04 bits per heavy atom. The molecule has 0 aliphatic rings. The highest BCUT2D eigenvalue weighted by Gasteiger charge is 2.24. The van der Waals surface area contributed by atoms with Gasteiger partial charge in [0.05, 0.1) is 12.7 Å². The van der Waals surface area contributed by atoms with Crippen molar-refractivity contribution in [2.75, 3.05) is 14.2 Å². The number of rotatable bonds is 7. The van der Waals surface area contributed by atoms with Gasteiger partial charge in [0.25, 0.3) is 11.1 Å². The van der Waals surface area contributed by atoms with Crippen LogP contribution in [-0.2, 0) is 24.1 Å². The highest BCUT2D eigenvalue weighted by Crippen LogP contribution is 2.26. The van der Waals surface area contributed by atoms with E-state index in [4.69, 9.17) is 4.74 Å². The monoisotopic (exact) mass is 372 g/mol. The second-order valence-corrected chi connectivity index (χ2v) is 6.17. The van der Waals surface area contributed by atoms with Crippen molar-refractivity contribution in [3.05, 3.63) is 36.2 Å². The number of ether oxygens (including phenoxy) is 1. The minimum absolute atomic E-state index is 0.193. The molecular formula is C12H12N4O6S2. The number of nitrogens with zero attached hydrogens (tertiary/aromatic N) is 3. The molecule has 0 saturated heterocycles. The Bertz CT molecular complexity index is 835. The molecule has 0 unspecified atom stereocenters. The molecule has 0 fully saturated rings. The summed E-state index contributed by atoms with van der Waals surface area (Å²) in [5.74, 6) is -0.831. The summed E-state index contributed by atoms with van der Waals surface area (Å²) in [6.07, 6.45) is 1.31.